The predicted octanol–water partition coefficient (Wildman–Crippen LogP) is 5.49. The van der Waals surface area contributed by atoms with Crippen molar-refractivity contribution < 1.29 is 40.7 Å². The molecule has 0 aromatic heterocycles. The number of halogens is 3. The van der Waals surface area contributed by atoms with E-state index in [0.717, 1.165) is 30.9 Å². The first-order valence-electron chi connectivity index (χ1n) is 14.1. The summed E-state index contributed by atoms with van der Waals surface area (Å²) >= 11 is 0. The van der Waals surface area contributed by atoms with Gasteiger partial charge in [0.15, 0.2) is 9.84 Å². The standard InChI is InChI=1S/C30H38F3N3O6S/c1-5-19-10-13-22(14-11-19)43(40,41)18-20-8-6-7-9-24(20)35-26(37)17-34-27(38)23-16-21(30(31,32)33)12-15-25(23)36-28(39)42-29(2,3)4/h10-16,20,24H,5-9,17-18H2,1-4H3,(H,34,38)(H,35,37)(H,36,39)/t20-,24-/m0/s1. The van der Waals surface area contributed by atoms with Gasteiger partial charge in [-0.25, -0.2) is 13.2 Å². The van der Waals surface area contributed by atoms with E-state index in [4.69, 9.17) is 4.74 Å². The molecule has 2 atom stereocenters. The third-order valence-electron chi connectivity index (χ3n) is 7.02. The number of rotatable bonds is 9. The molecule has 1 aliphatic carbocycles. The van der Waals surface area contributed by atoms with Crippen LogP contribution in [-0.4, -0.2) is 50.3 Å². The zero-order valence-corrected chi connectivity index (χ0v) is 25.5. The summed E-state index contributed by atoms with van der Waals surface area (Å²) in [6.07, 6.45) is -2.23. The van der Waals surface area contributed by atoms with E-state index < -0.39 is 63.2 Å². The molecule has 3 N–H and O–H groups in total. The molecule has 0 heterocycles. The van der Waals surface area contributed by atoms with Crippen LogP contribution in [0.3, 0.4) is 0 Å². The van der Waals surface area contributed by atoms with Gasteiger partial charge < -0.3 is 15.4 Å². The van der Waals surface area contributed by atoms with Crippen molar-refractivity contribution in [1.82, 2.24) is 10.6 Å². The number of carbonyl (C=O) groups is 3. The van der Waals surface area contributed by atoms with Crippen molar-refractivity contribution in [1.29, 1.82) is 0 Å². The molecule has 0 radical (unpaired) electrons. The van der Waals surface area contributed by atoms with Crippen molar-refractivity contribution in [2.24, 2.45) is 5.92 Å². The van der Waals surface area contributed by atoms with Crippen molar-refractivity contribution in [2.45, 2.75) is 82.5 Å². The van der Waals surface area contributed by atoms with Gasteiger partial charge >= 0.3 is 12.3 Å². The summed E-state index contributed by atoms with van der Waals surface area (Å²) in [6.45, 7) is 6.20. The fourth-order valence-corrected chi connectivity index (χ4v) is 6.56. The zero-order chi connectivity index (χ0) is 32.0. The maximum Gasteiger partial charge on any atom is 0.416 e. The highest BCUT2D eigenvalue weighted by Gasteiger charge is 2.33. The zero-order valence-electron chi connectivity index (χ0n) is 24.6. The van der Waals surface area contributed by atoms with Crippen LogP contribution in [0.4, 0.5) is 23.7 Å². The molecule has 1 saturated carbocycles. The molecule has 236 valence electrons. The van der Waals surface area contributed by atoms with Crippen LogP contribution in [0, 0.1) is 5.92 Å². The maximum atomic E-state index is 13.4. The molecule has 2 aromatic rings. The fraction of sp³-hybridized carbons (Fsp3) is 0.500. The minimum atomic E-state index is -4.76. The van der Waals surface area contributed by atoms with Crippen molar-refractivity contribution >= 4 is 33.4 Å². The van der Waals surface area contributed by atoms with Crippen LogP contribution >= 0.6 is 0 Å². The fourth-order valence-electron chi connectivity index (χ4n) is 4.85. The second-order valence-corrected chi connectivity index (χ2v) is 13.6. The molecule has 3 amide bonds. The average molecular weight is 626 g/mol. The Balaban J connectivity index is 1.68. The molecule has 0 saturated heterocycles. The van der Waals surface area contributed by atoms with Crippen LogP contribution in [-0.2, 0) is 32.0 Å². The first-order valence-corrected chi connectivity index (χ1v) is 15.7. The quantitative estimate of drug-likeness (QED) is 0.338. The summed E-state index contributed by atoms with van der Waals surface area (Å²) in [7, 11) is -3.62. The lowest BCUT2D eigenvalue weighted by atomic mass is 9.86. The number of hydrogen-bond acceptors (Lipinski definition) is 6. The van der Waals surface area contributed by atoms with Crippen molar-refractivity contribution in [2.75, 3.05) is 17.6 Å². The summed E-state index contributed by atoms with van der Waals surface area (Å²) in [5.74, 6) is -2.15. The molecular formula is C30H38F3N3O6S. The van der Waals surface area contributed by atoms with Crippen LogP contribution in [0.15, 0.2) is 47.4 Å². The Morgan fingerprint density at radius 2 is 1.63 bits per heavy atom. The summed E-state index contributed by atoms with van der Waals surface area (Å²) in [5.41, 5.74) is -1.74. The average Bonchev–Trinajstić information content (AvgIpc) is 2.91. The van der Waals surface area contributed by atoms with Gasteiger partial charge in [0.05, 0.1) is 34.0 Å². The van der Waals surface area contributed by atoms with Crippen LogP contribution in [0.25, 0.3) is 0 Å². The Kier molecular flexibility index (Phi) is 10.9. The topological polar surface area (TPSA) is 131 Å². The van der Waals surface area contributed by atoms with Crippen LogP contribution in [0.5, 0.6) is 0 Å². The van der Waals surface area contributed by atoms with E-state index in [1.165, 1.54) is 0 Å². The number of sulfone groups is 1. The maximum absolute atomic E-state index is 13.4. The van der Waals surface area contributed by atoms with Gasteiger partial charge in [-0.3, -0.25) is 14.9 Å². The number of anilines is 1. The lowest BCUT2D eigenvalue weighted by Crippen LogP contribution is -2.47. The SMILES string of the molecule is CCc1ccc(S(=O)(=O)C[C@@H]2CCCC[C@@H]2NC(=O)CNC(=O)c2cc(C(F)(F)F)ccc2NC(=O)OC(C)(C)C)cc1. The first kappa shape index (κ1) is 33.9. The van der Waals surface area contributed by atoms with E-state index in [9.17, 15) is 36.0 Å². The van der Waals surface area contributed by atoms with Crippen molar-refractivity contribution in [3.8, 4) is 0 Å². The summed E-state index contributed by atoms with van der Waals surface area (Å²) in [4.78, 5) is 38.2. The second kappa shape index (κ2) is 13.8. The Labute approximate surface area is 249 Å². The Bertz CT molecular complexity index is 1420. The normalized spacial score (nSPS) is 17.6. The van der Waals surface area contributed by atoms with E-state index in [-0.39, 0.29) is 22.3 Å². The number of benzene rings is 2. The Hall–Kier alpha value is -3.61. The molecule has 43 heavy (non-hydrogen) atoms. The largest absolute Gasteiger partial charge is 0.444 e. The molecule has 13 heteroatoms. The minimum absolute atomic E-state index is 0.153. The van der Waals surface area contributed by atoms with Crippen molar-refractivity contribution in [3.63, 3.8) is 0 Å². The molecule has 1 fully saturated rings. The van der Waals surface area contributed by atoms with Gasteiger partial charge in [-0.1, -0.05) is 31.9 Å². The van der Waals surface area contributed by atoms with Gasteiger partial charge in [-0.15, -0.1) is 0 Å². The van der Waals surface area contributed by atoms with Gasteiger partial charge in [-0.05, 0) is 81.8 Å². The number of ether oxygens (including phenoxy) is 1. The highest BCUT2D eigenvalue weighted by molar-refractivity contribution is 7.91. The summed E-state index contributed by atoms with van der Waals surface area (Å²) in [5, 5.41) is 7.37. The first-order chi connectivity index (χ1) is 20.0. The van der Waals surface area contributed by atoms with E-state index >= 15 is 0 Å². The number of nitrogens with one attached hydrogen (secondary N) is 3. The second-order valence-electron chi connectivity index (χ2n) is 11.6. The van der Waals surface area contributed by atoms with Crippen LogP contribution in [0.1, 0.15) is 74.9 Å². The van der Waals surface area contributed by atoms with E-state index in [0.29, 0.717) is 25.0 Å². The minimum Gasteiger partial charge on any atom is -0.444 e. The van der Waals surface area contributed by atoms with E-state index in [2.05, 4.69) is 16.0 Å². The third-order valence-corrected chi connectivity index (χ3v) is 8.87. The highest BCUT2D eigenvalue weighted by Crippen LogP contribution is 2.32. The predicted molar refractivity (Wildman–Crippen MR) is 155 cm³/mol. The van der Waals surface area contributed by atoms with Crippen molar-refractivity contribution in [3.05, 3.63) is 59.2 Å². The molecule has 2 aromatic carbocycles. The highest BCUT2D eigenvalue weighted by atomic mass is 32.2. The molecule has 0 aliphatic heterocycles. The molecule has 0 unspecified atom stereocenters. The monoisotopic (exact) mass is 625 g/mol. The van der Waals surface area contributed by atoms with Crippen LogP contribution in [0.2, 0.25) is 0 Å². The smallest absolute Gasteiger partial charge is 0.416 e. The molecule has 9 nitrogen and oxygen atoms in total. The van der Waals surface area contributed by atoms with E-state index in [1.807, 2.05) is 6.92 Å². The number of amides is 3. The summed E-state index contributed by atoms with van der Waals surface area (Å²) < 4.78 is 71.4. The number of aryl methyl sites for hydroxylation is 1. The van der Waals surface area contributed by atoms with Gasteiger partial charge in [-0.2, -0.15) is 13.2 Å². The number of hydrogen-bond donors (Lipinski definition) is 3. The number of carbonyl (C=O) groups excluding carboxylic acids is 3. The van der Waals surface area contributed by atoms with Gasteiger partial charge in [0.1, 0.15) is 5.60 Å². The number of alkyl halides is 3. The van der Waals surface area contributed by atoms with E-state index in [1.54, 1.807) is 45.0 Å². The Morgan fingerprint density at radius 3 is 2.23 bits per heavy atom. The van der Waals surface area contributed by atoms with Gasteiger partial charge in [0.2, 0.25) is 5.91 Å². The summed E-state index contributed by atoms with van der Waals surface area (Å²) in [6, 6.07) is 8.48. The lowest BCUT2D eigenvalue weighted by Gasteiger charge is -2.32. The molecule has 3 rings (SSSR count). The van der Waals surface area contributed by atoms with Gasteiger partial charge in [0, 0.05) is 6.04 Å². The molecular weight excluding hydrogens is 587 g/mol. The lowest BCUT2D eigenvalue weighted by molar-refractivity contribution is -0.137. The Morgan fingerprint density at radius 1 is 0.977 bits per heavy atom. The molecule has 0 bridgehead atoms. The third kappa shape index (κ3) is 9.97. The molecule has 1 aliphatic rings. The molecule has 0 spiro atoms. The van der Waals surface area contributed by atoms with Gasteiger partial charge in [0.25, 0.3) is 5.91 Å². The van der Waals surface area contributed by atoms with Crippen LogP contribution < -0.4 is 16.0 Å².